The van der Waals surface area contributed by atoms with Gasteiger partial charge in [-0.15, -0.1) is 0 Å². The smallest absolute Gasteiger partial charge is 0.319 e. The molecule has 2 amide bonds. The molecule has 20 heavy (non-hydrogen) atoms. The van der Waals surface area contributed by atoms with E-state index in [2.05, 4.69) is 10.6 Å². The zero-order valence-electron chi connectivity index (χ0n) is 11.7. The van der Waals surface area contributed by atoms with Crippen molar-refractivity contribution < 1.29 is 19.4 Å². The number of ketones is 1. The number of hydrogen-bond donors (Lipinski definition) is 3. The van der Waals surface area contributed by atoms with E-state index in [0.717, 1.165) is 0 Å². The van der Waals surface area contributed by atoms with E-state index < -0.39 is 6.10 Å². The number of carbonyl (C=O) groups is 2. The Hall–Kier alpha value is -1.92. The summed E-state index contributed by atoms with van der Waals surface area (Å²) in [6.45, 7) is 2.04. The summed E-state index contributed by atoms with van der Waals surface area (Å²) in [5, 5.41) is 14.7. The lowest BCUT2D eigenvalue weighted by Gasteiger charge is -2.11. The predicted molar refractivity (Wildman–Crippen MR) is 76.0 cm³/mol. The van der Waals surface area contributed by atoms with Gasteiger partial charge in [-0.2, -0.15) is 0 Å². The third kappa shape index (κ3) is 5.81. The zero-order valence-corrected chi connectivity index (χ0v) is 11.7. The van der Waals surface area contributed by atoms with Crippen molar-refractivity contribution in [1.29, 1.82) is 0 Å². The number of urea groups is 1. The van der Waals surface area contributed by atoms with Crippen molar-refractivity contribution in [2.24, 2.45) is 0 Å². The van der Waals surface area contributed by atoms with Crippen molar-refractivity contribution in [3.63, 3.8) is 0 Å². The maximum Gasteiger partial charge on any atom is 0.319 e. The Kier molecular flexibility index (Phi) is 6.69. The Labute approximate surface area is 118 Å². The fourth-order valence-corrected chi connectivity index (χ4v) is 1.62. The highest BCUT2D eigenvalue weighted by molar-refractivity contribution is 5.96. The molecule has 0 aliphatic carbocycles. The molecule has 3 N–H and O–H groups in total. The molecule has 1 unspecified atom stereocenters. The lowest BCUT2D eigenvalue weighted by atomic mass is 10.1. The Morgan fingerprint density at radius 3 is 2.80 bits per heavy atom. The second-order valence-electron chi connectivity index (χ2n) is 4.42. The molecule has 0 spiro atoms. The van der Waals surface area contributed by atoms with Gasteiger partial charge in [0.25, 0.3) is 0 Å². The first-order valence-electron chi connectivity index (χ1n) is 6.35. The van der Waals surface area contributed by atoms with Crippen molar-refractivity contribution in [1.82, 2.24) is 5.32 Å². The monoisotopic (exact) mass is 280 g/mol. The molecular weight excluding hydrogens is 260 g/mol. The SMILES string of the molecule is COCC(O)CCNC(=O)Nc1cccc(C(C)=O)c1. The largest absolute Gasteiger partial charge is 0.391 e. The average Bonchev–Trinajstić information content (AvgIpc) is 2.39. The topological polar surface area (TPSA) is 87.7 Å². The first-order valence-corrected chi connectivity index (χ1v) is 6.35. The second-order valence-corrected chi connectivity index (χ2v) is 4.42. The summed E-state index contributed by atoms with van der Waals surface area (Å²) in [7, 11) is 1.51. The third-order valence-electron chi connectivity index (χ3n) is 2.65. The Morgan fingerprint density at radius 2 is 2.15 bits per heavy atom. The van der Waals surface area contributed by atoms with Gasteiger partial charge in [-0.3, -0.25) is 4.79 Å². The summed E-state index contributed by atoms with van der Waals surface area (Å²) >= 11 is 0. The highest BCUT2D eigenvalue weighted by Crippen LogP contribution is 2.10. The van der Waals surface area contributed by atoms with E-state index in [-0.39, 0.29) is 18.4 Å². The molecule has 0 aliphatic heterocycles. The minimum atomic E-state index is -0.596. The van der Waals surface area contributed by atoms with Crippen LogP contribution in [0.3, 0.4) is 0 Å². The summed E-state index contributed by atoms with van der Waals surface area (Å²) in [6.07, 6.45) is -0.185. The number of hydrogen-bond acceptors (Lipinski definition) is 4. The number of anilines is 1. The minimum Gasteiger partial charge on any atom is -0.391 e. The molecule has 0 bridgehead atoms. The highest BCUT2D eigenvalue weighted by Gasteiger charge is 2.06. The first-order chi connectivity index (χ1) is 9.52. The van der Waals surface area contributed by atoms with Crippen molar-refractivity contribution >= 4 is 17.5 Å². The molecule has 1 aromatic carbocycles. The molecule has 1 aromatic rings. The van der Waals surface area contributed by atoms with Gasteiger partial charge in [0.2, 0.25) is 0 Å². The quantitative estimate of drug-likeness (QED) is 0.659. The van der Waals surface area contributed by atoms with Crippen LogP contribution in [0.1, 0.15) is 23.7 Å². The van der Waals surface area contributed by atoms with Crippen molar-refractivity contribution in [3.05, 3.63) is 29.8 Å². The van der Waals surface area contributed by atoms with Crippen molar-refractivity contribution in [3.8, 4) is 0 Å². The predicted octanol–water partition coefficient (Wildman–Crippen LogP) is 1.41. The van der Waals surface area contributed by atoms with Crippen molar-refractivity contribution in [2.45, 2.75) is 19.4 Å². The lowest BCUT2D eigenvalue weighted by molar-refractivity contribution is 0.0599. The van der Waals surface area contributed by atoms with Crippen LogP contribution >= 0.6 is 0 Å². The highest BCUT2D eigenvalue weighted by atomic mass is 16.5. The number of methoxy groups -OCH3 is 1. The molecule has 0 radical (unpaired) electrons. The van der Waals surface area contributed by atoms with E-state index in [1.54, 1.807) is 24.3 Å². The molecule has 0 saturated heterocycles. The number of rotatable bonds is 7. The van der Waals surface area contributed by atoms with Crippen molar-refractivity contribution in [2.75, 3.05) is 25.6 Å². The van der Waals surface area contributed by atoms with Crippen LogP contribution in [0, 0.1) is 0 Å². The number of aliphatic hydroxyl groups is 1. The Balaban J connectivity index is 2.39. The number of aliphatic hydroxyl groups excluding tert-OH is 1. The van der Waals surface area contributed by atoms with Gasteiger partial charge in [-0.25, -0.2) is 4.79 Å². The minimum absolute atomic E-state index is 0.0586. The third-order valence-corrected chi connectivity index (χ3v) is 2.65. The normalized spacial score (nSPS) is 11.8. The van der Waals surface area contributed by atoms with Crippen LogP contribution in [-0.2, 0) is 4.74 Å². The molecule has 0 heterocycles. The number of nitrogens with one attached hydrogen (secondary N) is 2. The molecule has 0 aromatic heterocycles. The molecular formula is C14H20N2O4. The van der Waals surface area contributed by atoms with E-state index in [4.69, 9.17) is 4.74 Å². The fourth-order valence-electron chi connectivity index (χ4n) is 1.62. The molecule has 0 fully saturated rings. The van der Waals surface area contributed by atoms with E-state index in [9.17, 15) is 14.7 Å². The Bertz CT molecular complexity index is 462. The fraction of sp³-hybridized carbons (Fsp3) is 0.429. The molecule has 6 nitrogen and oxygen atoms in total. The maximum atomic E-state index is 11.6. The molecule has 6 heteroatoms. The van der Waals surface area contributed by atoms with Gasteiger partial charge >= 0.3 is 6.03 Å². The summed E-state index contributed by atoms with van der Waals surface area (Å²) < 4.78 is 4.78. The van der Waals surface area contributed by atoms with Crippen LogP contribution in [0.2, 0.25) is 0 Å². The number of ether oxygens (including phenoxy) is 1. The number of benzene rings is 1. The number of Topliss-reactive ketones (excluding diaryl/α,β-unsaturated/α-hetero) is 1. The first kappa shape index (κ1) is 16.1. The van der Waals surface area contributed by atoms with Gasteiger partial charge in [0.15, 0.2) is 5.78 Å². The van der Waals surface area contributed by atoms with E-state index in [1.807, 2.05) is 0 Å². The maximum absolute atomic E-state index is 11.6. The van der Waals surface area contributed by atoms with Gasteiger partial charge < -0.3 is 20.5 Å². The van der Waals surface area contributed by atoms with E-state index >= 15 is 0 Å². The number of amides is 2. The van der Waals surface area contributed by atoms with Crippen LogP contribution in [-0.4, -0.2) is 43.3 Å². The van der Waals surface area contributed by atoms with Crippen LogP contribution < -0.4 is 10.6 Å². The summed E-state index contributed by atoms with van der Waals surface area (Å²) in [6, 6.07) is 6.32. The number of carbonyl (C=O) groups excluding carboxylic acids is 2. The zero-order chi connectivity index (χ0) is 15.0. The summed E-state index contributed by atoms with van der Waals surface area (Å²) in [4.78, 5) is 22.8. The second kappa shape index (κ2) is 8.29. The van der Waals surface area contributed by atoms with Gasteiger partial charge in [-0.1, -0.05) is 12.1 Å². The van der Waals surface area contributed by atoms with E-state index in [1.165, 1.54) is 14.0 Å². The van der Waals surface area contributed by atoms with Gasteiger partial charge in [0.05, 0.1) is 12.7 Å². The van der Waals surface area contributed by atoms with Gasteiger partial charge in [-0.05, 0) is 25.5 Å². The lowest BCUT2D eigenvalue weighted by Crippen LogP contribution is -2.32. The molecule has 1 atom stereocenters. The van der Waals surface area contributed by atoms with Crippen LogP contribution in [0.5, 0.6) is 0 Å². The molecule has 110 valence electrons. The van der Waals surface area contributed by atoms with Gasteiger partial charge in [0, 0.05) is 24.9 Å². The average molecular weight is 280 g/mol. The van der Waals surface area contributed by atoms with Crippen LogP contribution in [0.15, 0.2) is 24.3 Å². The van der Waals surface area contributed by atoms with Crippen LogP contribution in [0.25, 0.3) is 0 Å². The molecule has 1 rings (SSSR count). The molecule has 0 saturated carbocycles. The Morgan fingerprint density at radius 1 is 1.40 bits per heavy atom. The molecule has 0 aliphatic rings. The van der Waals surface area contributed by atoms with Crippen LogP contribution in [0.4, 0.5) is 10.5 Å². The van der Waals surface area contributed by atoms with Gasteiger partial charge in [0.1, 0.15) is 0 Å². The standard InChI is InChI=1S/C14H20N2O4/c1-10(17)11-4-3-5-12(8-11)16-14(19)15-7-6-13(18)9-20-2/h3-5,8,13,18H,6-7,9H2,1-2H3,(H2,15,16,19). The summed E-state index contributed by atoms with van der Waals surface area (Å²) in [5.74, 6) is -0.0586. The summed E-state index contributed by atoms with van der Waals surface area (Å²) in [5.41, 5.74) is 1.09. The van der Waals surface area contributed by atoms with E-state index in [0.29, 0.717) is 24.2 Å².